The number of carbonyl (C=O) groups is 1. The number of nitrogens with zero attached hydrogens (tertiary/aromatic N) is 1. The third kappa shape index (κ3) is 3.43. The number of anilines is 1. The lowest BCUT2D eigenvalue weighted by atomic mass is 10.0. The summed E-state index contributed by atoms with van der Waals surface area (Å²) < 4.78 is 10.7. The summed E-state index contributed by atoms with van der Waals surface area (Å²) in [6, 6.07) is 3.44. The number of allylic oxidation sites excluding steroid dienone is 2. The monoisotopic (exact) mass is 393 g/mol. The Bertz CT molecular complexity index is 943. The molecule has 1 aromatic heterocycles. The molecule has 6 nitrogen and oxygen atoms in total. The number of nitrogens with one attached hydrogen (secondary N) is 1. The first kappa shape index (κ1) is 18.4. The van der Waals surface area contributed by atoms with Crippen molar-refractivity contribution in [2.75, 3.05) is 19.5 Å². The van der Waals surface area contributed by atoms with Crippen LogP contribution in [0.15, 0.2) is 41.6 Å². The van der Waals surface area contributed by atoms with Gasteiger partial charge in [0.2, 0.25) is 0 Å². The van der Waals surface area contributed by atoms with Gasteiger partial charge in [0, 0.05) is 29.1 Å². The molecule has 1 atom stereocenters. The smallest absolute Gasteiger partial charge is 0.252 e. The van der Waals surface area contributed by atoms with Crippen LogP contribution in [-0.4, -0.2) is 30.1 Å². The zero-order chi connectivity index (χ0) is 18.9. The zero-order valence-electron chi connectivity index (χ0n) is 14.2. The number of halogens is 2. The van der Waals surface area contributed by atoms with Gasteiger partial charge in [-0.1, -0.05) is 29.3 Å². The highest BCUT2D eigenvalue weighted by molar-refractivity contribution is 6.34. The van der Waals surface area contributed by atoms with E-state index in [4.69, 9.17) is 38.4 Å². The number of rotatable bonds is 5. The summed E-state index contributed by atoms with van der Waals surface area (Å²) in [5.41, 5.74) is 6.79. The number of benzene rings is 1. The minimum absolute atomic E-state index is 0.212. The van der Waals surface area contributed by atoms with Gasteiger partial charge in [-0.25, -0.2) is 0 Å². The van der Waals surface area contributed by atoms with Crippen molar-refractivity contribution in [3.63, 3.8) is 0 Å². The fourth-order valence-electron chi connectivity index (χ4n) is 2.80. The zero-order valence-corrected chi connectivity index (χ0v) is 15.7. The molecule has 0 saturated heterocycles. The highest BCUT2D eigenvalue weighted by Crippen LogP contribution is 2.39. The molecule has 0 spiro atoms. The number of fused-ring (bicyclic) bond motifs is 1. The number of carbonyl (C=O) groups excluding carboxylic acids is 1. The number of aromatic nitrogens is 1. The van der Waals surface area contributed by atoms with Gasteiger partial charge in [0.15, 0.2) is 11.5 Å². The Morgan fingerprint density at radius 1 is 1.31 bits per heavy atom. The van der Waals surface area contributed by atoms with Crippen LogP contribution in [0, 0.1) is 0 Å². The lowest BCUT2D eigenvalue weighted by Crippen LogP contribution is -2.32. The summed E-state index contributed by atoms with van der Waals surface area (Å²) in [6.45, 7) is 0. The van der Waals surface area contributed by atoms with Gasteiger partial charge >= 0.3 is 0 Å². The number of ether oxygens (including phenoxy) is 2. The molecule has 1 aliphatic carbocycles. The van der Waals surface area contributed by atoms with Gasteiger partial charge in [-0.2, -0.15) is 0 Å². The van der Waals surface area contributed by atoms with Crippen LogP contribution in [-0.2, 0) is 0 Å². The van der Waals surface area contributed by atoms with Crippen LogP contribution in [0.1, 0.15) is 16.8 Å². The Labute approximate surface area is 160 Å². The lowest BCUT2D eigenvalue weighted by Gasteiger charge is -2.29. The average Bonchev–Trinajstić information content (AvgIpc) is 2.60. The van der Waals surface area contributed by atoms with E-state index >= 15 is 0 Å². The van der Waals surface area contributed by atoms with E-state index in [1.165, 1.54) is 20.4 Å². The fraction of sp³-hybridized carbons (Fsp3) is 0.222. The van der Waals surface area contributed by atoms with Gasteiger partial charge in [-0.15, -0.1) is 0 Å². The maximum Gasteiger partial charge on any atom is 0.252 e. The number of pyridine rings is 1. The van der Waals surface area contributed by atoms with Crippen LogP contribution in [0.5, 0.6) is 11.5 Å². The Morgan fingerprint density at radius 2 is 2.00 bits per heavy atom. The second-order valence-corrected chi connectivity index (χ2v) is 6.87. The van der Waals surface area contributed by atoms with E-state index < -0.39 is 10.9 Å². The topological polar surface area (TPSA) is 86.5 Å². The molecule has 1 aromatic carbocycles. The van der Waals surface area contributed by atoms with Crippen LogP contribution >= 0.6 is 23.2 Å². The molecule has 1 aliphatic rings. The molecule has 0 fully saturated rings. The molecule has 1 amide bonds. The van der Waals surface area contributed by atoms with Gasteiger partial charge in [-0.3, -0.25) is 9.78 Å². The summed E-state index contributed by atoms with van der Waals surface area (Å²) in [5.74, 6) is 0.389. The van der Waals surface area contributed by atoms with Crippen molar-refractivity contribution in [1.82, 2.24) is 4.98 Å². The molecule has 0 saturated carbocycles. The maximum absolute atomic E-state index is 11.9. The van der Waals surface area contributed by atoms with Gasteiger partial charge in [0.25, 0.3) is 5.91 Å². The second-order valence-electron chi connectivity index (χ2n) is 5.76. The standard InChI is InChI=1S/C18H17Cl2N3O3/c1-25-14-6-11-13(7-15(14)26-2)22-9-12(17(21)24)16(11)23-18(20)5-3-4-10(19)8-18/h3-4,6-9H,5H2,1-2H3,(H2,21,24)(H,22,23). The molecule has 3 N–H and O–H groups in total. The van der Waals surface area contributed by atoms with Gasteiger partial charge in [-0.05, 0) is 18.2 Å². The molecule has 8 heteroatoms. The summed E-state index contributed by atoms with van der Waals surface area (Å²) in [4.78, 5) is 15.2. The van der Waals surface area contributed by atoms with Crippen molar-refractivity contribution in [1.29, 1.82) is 0 Å². The van der Waals surface area contributed by atoms with Crippen LogP contribution < -0.4 is 20.5 Å². The number of methoxy groups -OCH3 is 2. The van der Waals surface area contributed by atoms with E-state index in [1.807, 2.05) is 6.08 Å². The highest BCUT2D eigenvalue weighted by atomic mass is 35.5. The Kier molecular flexibility index (Phi) is 4.98. The van der Waals surface area contributed by atoms with E-state index in [0.29, 0.717) is 39.5 Å². The average molecular weight is 394 g/mol. The summed E-state index contributed by atoms with van der Waals surface area (Å²) in [5, 5.41) is 4.31. The first-order chi connectivity index (χ1) is 12.4. The van der Waals surface area contributed by atoms with E-state index in [-0.39, 0.29) is 5.56 Å². The molecule has 0 aliphatic heterocycles. The minimum Gasteiger partial charge on any atom is -0.493 e. The maximum atomic E-state index is 11.9. The van der Waals surface area contributed by atoms with Crippen molar-refractivity contribution in [2.45, 2.75) is 11.4 Å². The van der Waals surface area contributed by atoms with Crippen LogP contribution in [0.3, 0.4) is 0 Å². The SMILES string of the molecule is COc1cc2ncc(C(N)=O)c(NC3(Cl)C=C(Cl)C=CC3)c2cc1OC. The normalized spacial score (nSPS) is 19.2. The molecular weight excluding hydrogens is 377 g/mol. The van der Waals surface area contributed by atoms with E-state index in [1.54, 1.807) is 24.3 Å². The summed E-state index contributed by atoms with van der Waals surface area (Å²) in [6.07, 6.45) is 7.16. The molecule has 26 heavy (non-hydrogen) atoms. The summed E-state index contributed by atoms with van der Waals surface area (Å²) >= 11 is 12.7. The molecule has 1 unspecified atom stereocenters. The first-order valence-electron chi connectivity index (χ1n) is 7.73. The van der Waals surface area contributed by atoms with Crippen LogP contribution in [0.4, 0.5) is 5.69 Å². The van der Waals surface area contributed by atoms with E-state index in [9.17, 15) is 4.79 Å². The largest absolute Gasteiger partial charge is 0.493 e. The third-order valence-corrected chi connectivity index (χ3v) is 4.62. The van der Waals surface area contributed by atoms with Gasteiger partial charge < -0.3 is 20.5 Å². The van der Waals surface area contributed by atoms with Crippen molar-refractivity contribution >= 4 is 45.7 Å². The third-order valence-electron chi connectivity index (χ3n) is 4.03. The van der Waals surface area contributed by atoms with Crippen molar-refractivity contribution in [3.05, 3.63) is 47.2 Å². The van der Waals surface area contributed by atoms with Crippen molar-refractivity contribution in [2.24, 2.45) is 5.73 Å². The molecule has 1 heterocycles. The fourth-order valence-corrected chi connectivity index (χ4v) is 3.44. The molecule has 0 radical (unpaired) electrons. The minimum atomic E-state index is -1.00. The van der Waals surface area contributed by atoms with Gasteiger partial charge in [0.1, 0.15) is 5.00 Å². The Hall–Kier alpha value is -2.44. The van der Waals surface area contributed by atoms with Crippen LogP contribution in [0.25, 0.3) is 10.9 Å². The number of primary amides is 1. The van der Waals surface area contributed by atoms with Gasteiger partial charge in [0.05, 0.1) is 31.0 Å². The molecule has 136 valence electrons. The Balaban J connectivity index is 2.22. The van der Waals surface area contributed by atoms with Crippen LogP contribution in [0.2, 0.25) is 0 Å². The Morgan fingerprint density at radius 3 is 2.62 bits per heavy atom. The van der Waals surface area contributed by atoms with E-state index in [2.05, 4.69) is 10.3 Å². The number of alkyl halides is 1. The molecule has 3 rings (SSSR count). The van der Waals surface area contributed by atoms with E-state index in [0.717, 1.165) is 0 Å². The van der Waals surface area contributed by atoms with Crippen molar-refractivity contribution < 1.29 is 14.3 Å². The number of amides is 1. The van der Waals surface area contributed by atoms with Crippen molar-refractivity contribution in [3.8, 4) is 11.5 Å². The summed E-state index contributed by atoms with van der Waals surface area (Å²) in [7, 11) is 3.06. The predicted molar refractivity (Wildman–Crippen MR) is 103 cm³/mol. The second kappa shape index (κ2) is 7.05. The first-order valence-corrected chi connectivity index (χ1v) is 8.49. The lowest BCUT2D eigenvalue weighted by molar-refractivity contribution is 0.100. The number of hydrogen-bond acceptors (Lipinski definition) is 5. The number of hydrogen-bond donors (Lipinski definition) is 2. The highest BCUT2D eigenvalue weighted by Gasteiger charge is 2.28. The molecule has 2 aromatic rings. The molecular formula is C18H17Cl2N3O3. The quantitative estimate of drug-likeness (QED) is 0.596. The number of nitrogens with two attached hydrogens (primary N) is 1. The molecule has 0 bridgehead atoms. The predicted octanol–water partition coefficient (Wildman–Crippen LogP) is 3.78.